The van der Waals surface area contributed by atoms with Crippen molar-refractivity contribution in [1.82, 2.24) is 10.2 Å². The third-order valence-corrected chi connectivity index (χ3v) is 5.10. The first-order valence-corrected chi connectivity index (χ1v) is 7.90. The van der Waals surface area contributed by atoms with Crippen LogP contribution in [0.5, 0.6) is 0 Å². The molecule has 19 heavy (non-hydrogen) atoms. The summed E-state index contributed by atoms with van der Waals surface area (Å²) in [5.74, 6) is 1.04. The Balaban J connectivity index is 1.47. The highest BCUT2D eigenvalue weighted by molar-refractivity contribution is 5.76. The summed E-state index contributed by atoms with van der Waals surface area (Å²) in [4.78, 5) is 14.4. The van der Waals surface area contributed by atoms with Gasteiger partial charge in [0, 0.05) is 32.6 Å². The van der Waals surface area contributed by atoms with Crippen LogP contribution in [0.15, 0.2) is 0 Å². The Morgan fingerprint density at radius 3 is 2.63 bits per heavy atom. The van der Waals surface area contributed by atoms with Crippen molar-refractivity contribution in [3.8, 4) is 0 Å². The minimum absolute atomic E-state index is 0.0163. The quantitative estimate of drug-likeness (QED) is 0.824. The first kappa shape index (κ1) is 13.4. The number of likely N-dealkylation sites (tertiary alicyclic amines) is 1. The Hall–Kier alpha value is -0.610. The van der Waals surface area contributed by atoms with Crippen molar-refractivity contribution in [2.75, 3.05) is 32.8 Å². The average Bonchev–Trinajstić information content (AvgIpc) is 2.93. The second-order valence-electron chi connectivity index (χ2n) is 6.44. The molecule has 2 aliphatic heterocycles. The predicted octanol–water partition coefficient (Wildman–Crippen LogP) is 1.55. The molecule has 0 aromatic rings. The van der Waals surface area contributed by atoms with E-state index in [0.717, 1.165) is 52.0 Å². The molecule has 0 radical (unpaired) electrons. The minimum atomic E-state index is 0.0163. The Labute approximate surface area is 115 Å². The highest BCUT2D eigenvalue weighted by atomic mass is 16.5. The van der Waals surface area contributed by atoms with Crippen LogP contribution in [-0.4, -0.2) is 49.2 Å². The molecule has 108 valence electrons. The number of piperidine rings is 1. The molecule has 0 aromatic carbocycles. The van der Waals surface area contributed by atoms with Crippen molar-refractivity contribution in [2.24, 2.45) is 5.92 Å². The van der Waals surface area contributed by atoms with Crippen molar-refractivity contribution in [3.05, 3.63) is 0 Å². The molecule has 1 spiro atoms. The van der Waals surface area contributed by atoms with E-state index in [1.807, 2.05) is 0 Å². The van der Waals surface area contributed by atoms with E-state index >= 15 is 0 Å². The molecule has 1 N–H and O–H groups in total. The molecule has 1 saturated carbocycles. The second kappa shape index (κ2) is 5.80. The van der Waals surface area contributed by atoms with E-state index in [9.17, 15) is 4.79 Å². The summed E-state index contributed by atoms with van der Waals surface area (Å²) in [6.07, 6.45) is 7.94. The monoisotopic (exact) mass is 266 g/mol. The molecule has 3 rings (SSSR count). The number of hydrogen-bond donors (Lipinski definition) is 1. The lowest BCUT2D eigenvalue weighted by Gasteiger charge is -2.44. The Morgan fingerprint density at radius 2 is 2.00 bits per heavy atom. The van der Waals surface area contributed by atoms with Gasteiger partial charge in [-0.1, -0.05) is 12.8 Å². The molecule has 0 atom stereocenters. The third-order valence-electron chi connectivity index (χ3n) is 5.10. The van der Waals surface area contributed by atoms with Gasteiger partial charge in [0.25, 0.3) is 0 Å². The average molecular weight is 266 g/mol. The summed E-state index contributed by atoms with van der Waals surface area (Å²) in [5, 5.41) is 3.42. The zero-order valence-electron chi connectivity index (χ0n) is 11.8. The maximum atomic E-state index is 12.3. The van der Waals surface area contributed by atoms with Gasteiger partial charge in [0.15, 0.2) is 0 Å². The van der Waals surface area contributed by atoms with Crippen LogP contribution in [0.2, 0.25) is 0 Å². The Kier molecular flexibility index (Phi) is 4.08. The van der Waals surface area contributed by atoms with Crippen LogP contribution in [0.4, 0.5) is 0 Å². The van der Waals surface area contributed by atoms with Crippen LogP contribution in [-0.2, 0) is 9.53 Å². The van der Waals surface area contributed by atoms with Gasteiger partial charge in [0.05, 0.1) is 12.2 Å². The number of hydrogen-bond acceptors (Lipinski definition) is 3. The number of morpholine rings is 1. The number of ether oxygens (including phenoxy) is 1. The van der Waals surface area contributed by atoms with Crippen molar-refractivity contribution in [1.29, 1.82) is 0 Å². The fraction of sp³-hybridized carbons (Fsp3) is 0.933. The lowest BCUT2D eigenvalue weighted by atomic mass is 9.89. The summed E-state index contributed by atoms with van der Waals surface area (Å²) in [5.41, 5.74) is 0.0163. The van der Waals surface area contributed by atoms with Gasteiger partial charge in [-0.25, -0.2) is 0 Å². The number of amides is 1. The normalized spacial score (nSPS) is 27.9. The van der Waals surface area contributed by atoms with Gasteiger partial charge in [-0.2, -0.15) is 0 Å². The zero-order chi connectivity index (χ0) is 13.1. The van der Waals surface area contributed by atoms with Gasteiger partial charge in [0.1, 0.15) is 0 Å². The van der Waals surface area contributed by atoms with E-state index in [4.69, 9.17) is 4.74 Å². The maximum Gasteiger partial charge on any atom is 0.222 e. The van der Waals surface area contributed by atoms with E-state index in [2.05, 4.69) is 10.2 Å². The molecule has 4 nitrogen and oxygen atoms in total. The number of carbonyl (C=O) groups is 1. The van der Waals surface area contributed by atoms with E-state index in [1.165, 1.54) is 25.7 Å². The molecule has 0 aromatic heterocycles. The lowest BCUT2D eigenvalue weighted by Crippen LogP contribution is -2.56. The van der Waals surface area contributed by atoms with Gasteiger partial charge in [0.2, 0.25) is 5.91 Å². The van der Waals surface area contributed by atoms with Crippen LogP contribution in [0.1, 0.15) is 44.9 Å². The highest BCUT2D eigenvalue weighted by Crippen LogP contribution is 2.31. The van der Waals surface area contributed by atoms with E-state index < -0.39 is 0 Å². The Morgan fingerprint density at radius 1 is 1.26 bits per heavy atom. The summed E-state index contributed by atoms with van der Waals surface area (Å²) >= 11 is 0. The number of nitrogens with zero attached hydrogens (tertiary/aromatic N) is 1. The topological polar surface area (TPSA) is 41.6 Å². The van der Waals surface area contributed by atoms with Crippen LogP contribution < -0.4 is 5.32 Å². The standard InChI is InChI=1S/C15H26N2O2/c18-14(11-13-3-1-2-4-13)17-8-5-15(6-9-17)12-16-7-10-19-15/h13,16H,1-12H2. The van der Waals surface area contributed by atoms with Gasteiger partial charge < -0.3 is 15.0 Å². The van der Waals surface area contributed by atoms with Gasteiger partial charge in [-0.3, -0.25) is 4.79 Å². The second-order valence-corrected chi connectivity index (χ2v) is 6.44. The fourth-order valence-corrected chi connectivity index (χ4v) is 3.78. The summed E-state index contributed by atoms with van der Waals surface area (Å²) in [6, 6.07) is 0. The molecule has 0 unspecified atom stereocenters. The van der Waals surface area contributed by atoms with Crippen LogP contribution in [0, 0.1) is 5.92 Å². The van der Waals surface area contributed by atoms with Crippen LogP contribution in [0.25, 0.3) is 0 Å². The molecule has 3 aliphatic rings. The summed E-state index contributed by atoms with van der Waals surface area (Å²) < 4.78 is 5.97. The van der Waals surface area contributed by atoms with E-state index in [1.54, 1.807) is 0 Å². The third kappa shape index (κ3) is 3.11. The highest BCUT2D eigenvalue weighted by Gasteiger charge is 2.38. The molecule has 4 heteroatoms. The molecule has 3 fully saturated rings. The number of rotatable bonds is 2. The number of nitrogens with one attached hydrogen (secondary N) is 1. The van der Waals surface area contributed by atoms with Crippen molar-refractivity contribution >= 4 is 5.91 Å². The van der Waals surface area contributed by atoms with E-state index in [-0.39, 0.29) is 5.60 Å². The summed E-state index contributed by atoms with van der Waals surface area (Å²) in [6.45, 7) is 4.50. The first-order valence-electron chi connectivity index (χ1n) is 7.90. The predicted molar refractivity (Wildman–Crippen MR) is 73.9 cm³/mol. The van der Waals surface area contributed by atoms with Crippen molar-refractivity contribution in [2.45, 2.75) is 50.5 Å². The maximum absolute atomic E-state index is 12.3. The molecule has 1 aliphatic carbocycles. The van der Waals surface area contributed by atoms with E-state index in [0.29, 0.717) is 11.8 Å². The van der Waals surface area contributed by atoms with Gasteiger partial charge >= 0.3 is 0 Å². The lowest BCUT2D eigenvalue weighted by molar-refractivity contribution is -0.141. The number of carbonyl (C=O) groups excluding carboxylic acids is 1. The van der Waals surface area contributed by atoms with Gasteiger partial charge in [-0.05, 0) is 31.6 Å². The van der Waals surface area contributed by atoms with Crippen molar-refractivity contribution in [3.63, 3.8) is 0 Å². The van der Waals surface area contributed by atoms with Crippen molar-refractivity contribution < 1.29 is 9.53 Å². The molecule has 0 bridgehead atoms. The van der Waals surface area contributed by atoms with Crippen LogP contribution in [0.3, 0.4) is 0 Å². The summed E-state index contributed by atoms with van der Waals surface area (Å²) in [7, 11) is 0. The zero-order valence-corrected chi connectivity index (χ0v) is 11.8. The molecular weight excluding hydrogens is 240 g/mol. The molecule has 2 saturated heterocycles. The first-order chi connectivity index (χ1) is 9.27. The molecule has 2 heterocycles. The SMILES string of the molecule is O=C(CC1CCCC1)N1CCC2(CC1)CNCCO2. The minimum Gasteiger partial charge on any atom is -0.372 e. The fourth-order valence-electron chi connectivity index (χ4n) is 3.78. The largest absolute Gasteiger partial charge is 0.372 e. The van der Waals surface area contributed by atoms with Crippen LogP contribution >= 0.6 is 0 Å². The molecule has 1 amide bonds. The Bertz CT molecular complexity index is 310. The van der Waals surface area contributed by atoms with Gasteiger partial charge in [-0.15, -0.1) is 0 Å². The molecular formula is C15H26N2O2. The smallest absolute Gasteiger partial charge is 0.222 e.